The molecule has 220 valence electrons. The zero-order chi connectivity index (χ0) is 31.0. The standard InChI is InChI=1S/C35H22F2N4O4/c1-18-30-32(40(38-18)24-7-3-5-22(36)16-24)26-14-20(9-11-28(26)44-34(30)42)13-21-10-12-29-27(15-21)33-31(35(43)45-29)19(2)39-41(33)25-8-4-6-23(37)17-25/h3-12,14-17H,13H2,1-2H3. The average molecular weight is 601 g/mol. The van der Waals surface area contributed by atoms with Crippen LogP contribution < -0.4 is 11.3 Å². The molecule has 0 amide bonds. The third-order valence-corrected chi connectivity index (χ3v) is 8.05. The van der Waals surface area contributed by atoms with Crippen LogP contribution in [0.4, 0.5) is 8.78 Å². The van der Waals surface area contributed by atoms with Gasteiger partial charge in [-0.3, -0.25) is 0 Å². The largest absolute Gasteiger partial charge is 0.422 e. The van der Waals surface area contributed by atoms with E-state index < -0.39 is 22.9 Å². The minimum atomic E-state index is -0.518. The molecule has 0 aliphatic carbocycles. The topological polar surface area (TPSA) is 96.1 Å². The molecule has 10 heteroatoms. The van der Waals surface area contributed by atoms with E-state index in [1.54, 1.807) is 59.6 Å². The molecule has 0 atom stereocenters. The molecule has 0 saturated heterocycles. The van der Waals surface area contributed by atoms with Crippen molar-refractivity contribution in [1.29, 1.82) is 0 Å². The second-order valence-corrected chi connectivity index (χ2v) is 11.0. The Hall–Kier alpha value is -5.90. The number of aryl methyl sites for hydroxylation is 2. The van der Waals surface area contributed by atoms with Gasteiger partial charge in [0.15, 0.2) is 0 Å². The Bertz CT molecular complexity index is 2450. The quantitative estimate of drug-likeness (QED) is 0.201. The van der Waals surface area contributed by atoms with Crippen molar-refractivity contribution in [2.45, 2.75) is 20.3 Å². The first-order valence-electron chi connectivity index (χ1n) is 14.2. The second-order valence-electron chi connectivity index (χ2n) is 11.0. The summed E-state index contributed by atoms with van der Waals surface area (Å²) in [6, 6.07) is 23.2. The maximum absolute atomic E-state index is 14.2. The van der Waals surface area contributed by atoms with Crippen molar-refractivity contribution in [3.8, 4) is 11.4 Å². The van der Waals surface area contributed by atoms with Crippen molar-refractivity contribution in [2.75, 3.05) is 0 Å². The van der Waals surface area contributed by atoms with E-state index in [1.165, 1.54) is 24.3 Å². The number of rotatable bonds is 4. The number of halogens is 2. The molecule has 0 aliphatic rings. The first-order chi connectivity index (χ1) is 21.7. The van der Waals surface area contributed by atoms with E-state index in [-0.39, 0.29) is 0 Å². The van der Waals surface area contributed by atoms with Crippen molar-refractivity contribution >= 4 is 43.7 Å². The molecule has 4 aromatic carbocycles. The number of aromatic nitrogens is 4. The van der Waals surface area contributed by atoms with Gasteiger partial charge >= 0.3 is 11.3 Å². The predicted molar refractivity (Wildman–Crippen MR) is 166 cm³/mol. The van der Waals surface area contributed by atoms with Gasteiger partial charge in [0.25, 0.3) is 0 Å². The molecule has 0 aliphatic heterocycles. The fraction of sp³-hybridized carbons (Fsp3) is 0.0857. The van der Waals surface area contributed by atoms with Crippen LogP contribution in [0, 0.1) is 25.5 Å². The molecule has 45 heavy (non-hydrogen) atoms. The van der Waals surface area contributed by atoms with E-state index in [0.29, 0.717) is 72.9 Å². The van der Waals surface area contributed by atoms with Crippen molar-refractivity contribution in [1.82, 2.24) is 19.6 Å². The summed E-state index contributed by atoms with van der Waals surface area (Å²) in [6.45, 7) is 3.43. The van der Waals surface area contributed by atoms with Crippen LogP contribution in [-0.2, 0) is 6.42 Å². The fourth-order valence-electron chi connectivity index (χ4n) is 6.09. The van der Waals surface area contributed by atoms with Gasteiger partial charge in [-0.2, -0.15) is 10.2 Å². The van der Waals surface area contributed by atoms with Gasteiger partial charge in [0, 0.05) is 10.8 Å². The first kappa shape index (κ1) is 26.7. The highest BCUT2D eigenvalue weighted by molar-refractivity contribution is 6.05. The van der Waals surface area contributed by atoms with Crippen molar-refractivity contribution in [3.63, 3.8) is 0 Å². The van der Waals surface area contributed by atoms with Gasteiger partial charge in [-0.15, -0.1) is 0 Å². The third-order valence-electron chi connectivity index (χ3n) is 8.05. The molecule has 0 radical (unpaired) electrons. The summed E-state index contributed by atoms with van der Waals surface area (Å²) in [5, 5.41) is 11.1. The molecule has 8 aromatic rings. The number of hydrogen-bond acceptors (Lipinski definition) is 6. The summed E-state index contributed by atoms with van der Waals surface area (Å²) >= 11 is 0. The Morgan fingerprint density at radius 2 is 1.07 bits per heavy atom. The molecule has 4 aromatic heterocycles. The van der Waals surface area contributed by atoms with Crippen LogP contribution in [0.2, 0.25) is 0 Å². The van der Waals surface area contributed by atoms with Gasteiger partial charge in [-0.25, -0.2) is 27.7 Å². The van der Waals surface area contributed by atoms with Crippen LogP contribution >= 0.6 is 0 Å². The van der Waals surface area contributed by atoms with Gasteiger partial charge in [0.2, 0.25) is 0 Å². The smallest absolute Gasteiger partial charge is 0.347 e. The first-order valence-corrected chi connectivity index (χ1v) is 14.2. The lowest BCUT2D eigenvalue weighted by molar-refractivity contribution is 0.569. The molecule has 0 spiro atoms. The summed E-state index contributed by atoms with van der Waals surface area (Å²) in [7, 11) is 0. The summed E-state index contributed by atoms with van der Waals surface area (Å²) < 4.78 is 42.8. The summed E-state index contributed by atoms with van der Waals surface area (Å²) in [6.07, 6.45) is 0.479. The van der Waals surface area contributed by atoms with Crippen LogP contribution in [0.1, 0.15) is 22.5 Å². The number of fused-ring (bicyclic) bond motifs is 6. The minimum absolute atomic E-state index is 0.327. The molecule has 0 N–H and O–H groups in total. The SMILES string of the molecule is Cc1nn(-c2cccc(F)c2)c2c1c(=O)oc1ccc(Cc3ccc4oc(=O)c5c(C)nn(-c6cccc(F)c6)c5c4c3)cc12. The Morgan fingerprint density at radius 1 is 0.622 bits per heavy atom. The molecular weight excluding hydrogens is 578 g/mol. The van der Waals surface area contributed by atoms with Crippen molar-refractivity contribution < 1.29 is 17.6 Å². The van der Waals surface area contributed by atoms with Crippen molar-refractivity contribution in [3.05, 3.63) is 140 Å². The Labute approximate surface area is 252 Å². The lowest BCUT2D eigenvalue weighted by atomic mass is 10.0. The molecule has 8 rings (SSSR count). The lowest BCUT2D eigenvalue weighted by Gasteiger charge is -2.09. The van der Waals surface area contributed by atoms with Crippen LogP contribution in [0.3, 0.4) is 0 Å². The normalized spacial score (nSPS) is 11.8. The average Bonchev–Trinajstić information content (AvgIpc) is 3.56. The van der Waals surface area contributed by atoms with E-state index in [9.17, 15) is 18.4 Å². The second kappa shape index (κ2) is 9.81. The maximum Gasteiger partial charge on any atom is 0.347 e. The van der Waals surface area contributed by atoms with E-state index in [0.717, 1.165) is 11.1 Å². The minimum Gasteiger partial charge on any atom is -0.422 e. The van der Waals surface area contributed by atoms with Crippen LogP contribution in [0.25, 0.3) is 55.1 Å². The van der Waals surface area contributed by atoms with Crippen LogP contribution in [0.15, 0.2) is 103 Å². The molecular formula is C35H22F2N4O4. The zero-order valence-corrected chi connectivity index (χ0v) is 24.0. The number of nitrogens with zero attached hydrogens (tertiary/aromatic N) is 4. The van der Waals surface area contributed by atoms with E-state index in [1.807, 2.05) is 24.3 Å². The maximum atomic E-state index is 14.2. The molecule has 0 bridgehead atoms. The highest BCUT2D eigenvalue weighted by Crippen LogP contribution is 2.31. The monoisotopic (exact) mass is 600 g/mol. The Morgan fingerprint density at radius 3 is 1.49 bits per heavy atom. The highest BCUT2D eigenvalue weighted by atomic mass is 19.1. The summed E-state index contributed by atoms with van der Waals surface area (Å²) in [5.41, 5.74) is 4.51. The fourth-order valence-corrected chi connectivity index (χ4v) is 6.09. The summed E-state index contributed by atoms with van der Waals surface area (Å²) in [5.74, 6) is -0.839. The number of hydrogen-bond donors (Lipinski definition) is 0. The highest BCUT2D eigenvalue weighted by Gasteiger charge is 2.20. The van der Waals surface area contributed by atoms with Crippen LogP contribution in [0.5, 0.6) is 0 Å². The van der Waals surface area contributed by atoms with Gasteiger partial charge in [-0.05, 0) is 92.1 Å². The molecule has 0 unspecified atom stereocenters. The molecule has 0 fully saturated rings. The Kier molecular flexibility index (Phi) is 5.82. The van der Waals surface area contributed by atoms with Crippen LogP contribution in [-0.4, -0.2) is 19.6 Å². The predicted octanol–water partition coefficient (Wildman–Crippen LogP) is 7.06. The van der Waals surface area contributed by atoms with E-state index >= 15 is 0 Å². The molecule has 4 heterocycles. The zero-order valence-electron chi connectivity index (χ0n) is 24.0. The van der Waals surface area contributed by atoms with Gasteiger partial charge in [0.1, 0.15) is 33.6 Å². The van der Waals surface area contributed by atoms with Gasteiger partial charge in [-0.1, -0.05) is 24.3 Å². The third kappa shape index (κ3) is 4.25. The van der Waals surface area contributed by atoms with Gasteiger partial charge in [0.05, 0.1) is 33.8 Å². The molecule has 0 saturated carbocycles. The van der Waals surface area contributed by atoms with Crippen molar-refractivity contribution in [2.24, 2.45) is 0 Å². The summed E-state index contributed by atoms with van der Waals surface area (Å²) in [4.78, 5) is 25.9. The van der Waals surface area contributed by atoms with Gasteiger partial charge < -0.3 is 8.83 Å². The van der Waals surface area contributed by atoms with E-state index in [4.69, 9.17) is 8.83 Å². The molecule has 8 nitrogen and oxygen atoms in total. The lowest BCUT2D eigenvalue weighted by Crippen LogP contribution is -2.03. The van der Waals surface area contributed by atoms with E-state index in [2.05, 4.69) is 10.2 Å². The number of benzene rings is 4. The Balaban J connectivity index is 1.30.